The van der Waals surface area contributed by atoms with E-state index < -0.39 is 33.5 Å². The summed E-state index contributed by atoms with van der Waals surface area (Å²) < 4.78 is 29.4. The maximum absolute atomic E-state index is 14.5. The van der Waals surface area contributed by atoms with Gasteiger partial charge in [-0.15, -0.1) is 0 Å². The van der Waals surface area contributed by atoms with Crippen LogP contribution >= 0.6 is 23.2 Å². The van der Waals surface area contributed by atoms with E-state index in [4.69, 9.17) is 23.2 Å². The Kier molecular flexibility index (Phi) is 9.38. The number of likely N-dealkylation sites (tertiary alicyclic amines) is 1. The molecule has 1 aliphatic carbocycles. The van der Waals surface area contributed by atoms with E-state index >= 15 is 0 Å². The molecule has 1 saturated carbocycles. The average molecular weight is 655 g/mol. The lowest BCUT2D eigenvalue weighted by atomic mass is 9.67. The average Bonchev–Trinajstić information content (AvgIpc) is 3.81. The molecule has 5 rings (SSSR count). The van der Waals surface area contributed by atoms with Crippen LogP contribution in [0.15, 0.2) is 72.8 Å². The van der Waals surface area contributed by atoms with Crippen LogP contribution in [0.4, 0.5) is 0 Å². The third kappa shape index (κ3) is 7.10. The molecule has 3 aromatic carbocycles. The fourth-order valence-electron chi connectivity index (χ4n) is 6.44. The molecule has 4 atom stereocenters. The number of sulfonamides is 1. The lowest BCUT2D eigenvalue weighted by Crippen LogP contribution is -2.59. The highest BCUT2D eigenvalue weighted by atomic mass is 35.5. The lowest BCUT2D eigenvalue weighted by Gasteiger charge is -2.52. The molecule has 230 valence electrons. The van der Waals surface area contributed by atoms with Crippen LogP contribution < -0.4 is 4.72 Å². The van der Waals surface area contributed by atoms with Crippen molar-refractivity contribution in [2.45, 2.75) is 56.4 Å². The molecule has 1 saturated heterocycles. The highest BCUT2D eigenvalue weighted by Gasteiger charge is 2.54. The molecule has 0 bridgehead atoms. The lowest BCUT2D eigenvalue weighted by molar-refractivity contribution is -0.161. The number of benzene rings is 3. The van der Waals surface area contributed by atoms with Crippen molar-refractivity contribution in [3.8, 4) is 6.07 Å². The predicted molar refractivity (Wildman–Crippen MR) is 169 cm³/mol. The van der Waals surface area contributed by atoms with Crippen LogP contribution in [0.25, 0.3) is 0 Å². The van der Waals surface area contributed by atoms with E-state index in [0.29, 0.717) is 15.6 Å². The number of nitriles is 1. The topological polar surface area (TPSA) is 128 Å². The van der Waals surface area contributed by atoms with Gasteiger partial charge in [0.15, 0.2) is 0 Å². The first-order chi connectivity index (χ1) is 20.9. The predicted octanol–water partition coefficient (Wildman–Crippen LogP) is 6.30. The normalized spacial score (nSPS) is 22.8. The summed E-state index contributed by atoms with van der Waals surface area (Å²) in [5.41, 5.74) is 1.07. The van der Waals surface area contributed by atoms with Crippen molar-refractivity contribution in [1.82, 2.24) is 9.62 Å². The van der Waals surface area contributed by atoms with Crippen molar-refractivity contribution < 1.29 is 23.1 Å². The third-order valence-electron chi connectivity index (χ3n) is 8.65. The van der Waals surface area contributed by atoms with Crippen molar-refractivity contribution >= 4 is 45.1 Å². The minimum absolute atomic E-state index is 0.0232. The van der Waals surface area contributed by atoms with Gasteiger partial charge in [0.05, 0.1) is 35.3 Å². The molecule has 11 heteroatoms. The number of carbonyl (C=O) groups is 2. The molecule has 0 spiro atoms. The highest BCUT2D eigenvalue weighted by molar-refractivity contribution is 7.88. The van der Waals surface area contributed by atoms with Gasteiger partial charge in [0.25, 0.3) is 0 Å². The summed E-state index contributed by atoms with van der Waals surface area (Å²) in [5.74, 6) is -2.11. The van der Waals surface area contributed by atoms with Crippen molar-refractivity contribution in [2.75, 3.05) is 6.54 Å². The number of carboxylic acid groups (broad SMARTS) is 1. The summed E-state index contributed by atoms with van der Waals surface area (Å²) in [5, 5.41) is 20.4. The number of rotatable bonds is 11. The Bertz CT molecular complexity index is 1700. The number of halogens is 2. The maximum Gasteiger partial charge on any atom is 0.304 e. The number of aliphatic carboxylic acids is 1. The summed E-state index contributed by atoms with van der Waals surface area (Å²) in [6, 6.07) is 22.1. The summed E-state index contributed by atoms with van der Waals surface area (Å²) in [6.07, 6.45) is 1.49. The third-order valence-corrected chi connectivity index (χ3v) is 10.4. The van der Waals surface area contributed by atoms with Gasteiger partial charge < -0.3 is 10.0 Å². The van der Waals surface area contributed by atoms with Gasteiger partial charge in [-0.25, -0.2) is 13.1 Å². The number of nitrogens with one attached hydrogen (secondary N) is 1. The molecular formula is C33H33Cl2N3O5S. The molecular weight excluding hydrogens is 621 g/mol. The second-order valence-corrected chi connectivity index (χ2v) is 14.7. The van der Waals surface area contributed by atoms with Gasteiger partial charge in [-0.3, -0.25) is 9.59 Å². The minimum atomic E-state index is -3.90. The molecule has 1 amide bonds. The van der Waals surface area contributed by atoms with Gasteiger partial charge in [-0.1, -0.05) is 72.6 Å². The molecule has 1 heterocycles. The molecule has 0 aromatic heterocycles. The summed E-state index contributed by atoms with van der Waals surface area (Å²) in [6.45, 7) is 1.63. The van der Waals surface area contributed by atoms with E-state index in [0.717, 1.165) is 24.0 Å². The smallest absolute Gasteiger partial charge is 0.304 e. The fraction of sp³-hybridized carbons (Fsp3) is 0.364. The number of hydrogen-bond acceptors (Lipinski definition) is 5. The zero-order chi connectivity index (χ0) is 31.6. The van der Waals surface area contributed by atoms with Crippen molar-refractivity contribution in [2.24, 2.45) is 11.3 Å². The highest BCUT2D eigenvalue weighted by Crippen LogP contribution is 2.54. The molecule has 1 aliphatic heterocycles. The monoisotopic (exact) mass is 653 g/mol. The van der Waals surface area contributed by atoms with Crippen LogP contribution in [0.3, 0.4) is 0 Å². The van der Waals surface area contributed by atoms with E-state index in [2.05, 4.69) is 4.72 Å². The van der Waals surface area contributed by atoms with Crippen molar-refractivity contribution in [3.05, 3.63) is 105 Å². The fourth-order valence-corrected chi connectivity index (χ4v) is 7.95. The van der Waals surface area contributed by atoms with Gasteiger partial charge in [-0.05, 0) is 72.2 Å². The van der Waals surface area contributed by atoms with Crippen LogP contribution in [0.5, 0.6) is 0 Å². The zero-order valence-corrected chi connectivity index (χ0v) is 26.4. The van der Waals surface area contributed by atoms with E-state index in [9.17, 15) is 28.4 Å². The summed E-state index contributed by atoms with van der Waals surface area (Å²) >= 11 is 12.7. The van der Waals surface area contributed by atoms with Gasteiger partial charge >= 0.3 is 5.97 Å². The van der Waals surface area contributed by atoms with Gasteiger partial charge in [0.1, 0.15) is 0 Å². The second kappa shape index (κ2) is 12.9. The Morgan fingerprint density at radius 2 is 1.77 bits per heavy atom. The quantitative estimate of drug-likeness (QED) is 0.250. The Morgan fingerprint density at radius 1 is 1.07 bits per heavy atom. The van der Waals surface area contributed by atoms with E-state index in [1.54, 1.807) is 54.3 Å². The Balaban J connectivity index is 1.57. The summed E-state index contributed by atoms with van der Waals surface area (Å²) in [7, 11) is -3.90. The van der Waals surface area contributed by atoms with Crippen LogP contribution in [0, 0.1) is 22.7 Å². The molecule has 2 fully saturated rings. The van der Waals surface area contributed by atoms with E-state index in [1.165, 1.54) is 0 Å². The number of carboxylic acids is 1. The van der Waals surface area contributed by atoms with Crippen LogP contribution in [0.1, 0.15) is 66.8 Å². The molecule has 4 unspecified atom stereocenters. The molecule has 0 radical (unpaired) electrons. The number of carbonyl (C=O) groups excluding carboxylic acids is 1. The number of hydrogen-bond donors (Lipinski definition) is 2. The first kappa shape index (κ1) is 32.0. The van der Waals surface area contributed by atoms with Gasteiger partial charge in [0, 0.05) is 28.5 Å². The Morgan fingerprint density at radius 3 is 2.41 bits per heavy atom. The SMILES string of the molecule is CC1(CC(=O)O)CC(c2cccc(Cl)c2)C(c2ccc(Cl)cc2)N(C(CNS(=O)(=O)Cc2ccccc2C#N)C2CC2)C1=O. The van der Waals surface area contributed by atoms with Crippen molar-refractivity contribution in [1.29, 1.82) is 5.26 Å². The molecule has 44 heavy (non-hydrogen) atoms. The minimum Gasteiger partial charge on any atom is -0.481 e. The number of amides is 1. The van der Waals surface area contributed by atoms with Crippen LogP contribution in [-0.4, -0.2) is 42.9 Å². The second-order valence-electron chi connectivity index (χ2n) is 12.0. The van der Waals surface area contributed by atoms with E-state index in [-0.39, 0.29) is 48.4 Å². The van der Waals surface area contributed by atoms with Crippen molar-refractivity contribution in [3.63, 3.8) is 0 Å². The summed E-state index contributed by atoms with van der Waals surface area (Å²) in [4.78, 5) is 28.4. The van der Waals surface area contributed by atoms with Gasteiger partial charge in [0.2, 0.25) is 15.9 Å². The number of piperidine rings is 1. The molecule has 3 aromatic rings. The first-order valence-electron chi connectivity index (χ1n) is 14.4. The van der Waals surface area contributed by atoms with Crippen LogP contribution in [-0.2, 0) is 25.4 Å². The number of nitrogens with zero attached hydrogens (tertiary/aromatic N) is 2. The Hall–Kier alpha value is -3.42. The maximum atomic E-state index is 14.5. The molecule has 8 nitrogen and oxygen atoms in total. The standard InChI is InChI=1S/C33H33Cl2N3O5S/c1-33(17-30(39)40)16-28(23-7-4-8-27(35)15-23)31(22-11-13-26(34)14-12-22)38(32(33)41)29(21-9-10-21)19-37-44(42,43)20-25-6-3-2-5-24(25)18-36/h2-8,11-15,21,28-29,31,37H,9-10,16-17,19-20H2,1H3,(H,39,40). The molecule has 2 aliphatic rings. The largest absolute Gasteiger partial charge is 0.481 e. The first-order valence-corrected chi connectivity index (χ1v) is 16.8. The molecule has 2 N–H and O–H groups in total. The van der Waals surface area contributed by atoms with E-state index in [1.807, 2.05) is 36.4 Å². The van der Waals surface area contributed by atoms with Gasteiger partial charge in [-0.2, -0.15) is 5.26 Å². The van der Waals surface area contributed by atoms with Crippen LogP contribution in [0.2, 0.25) is 10.0 Å². The zero-order valence-electron chi connectivity index (χ0n) is 24.1. The Labute approximate surface area is 267 Å².